The van der Waals surface area contributed by atoms with Crippen molar-refractivity contribution in [2.24, 2.45) is 17.3 Å². The highest BCUT2D eigenvalue weighted by Gasteiger charge is 2.29. The van der Waals surface area contributed by atoms with Gasteiger partial charge in [-0.05, 0) is 68.1 Å². The molecule has 2 heteroatoms. The molecule has 0 radical (unpaired) electrons. The van der Waals surface area contributed by atoms with E-state index in [1.807, 2.05) is 0 Å². The highest BCUT2D eigenvalue weighted by Crippen LogP contribution is 2.39. The third kappa shape index (κ3) is 5.30. The number of rotatable bonds is 4. The van der Waals surface area contributed by atoms with Gasteiger partial charge >= 0.3 is 0 Å². The van der Waals surface area contributed by atoms with Crippen molar-refractivity contribution in [3.8, 4) is 0 Å². The zero-order valence-corrected chi connectivity index (χ0v) is 14.0. The maximum absolute atomic E-state index is 3.76. The van der Waals surface area contributed by atoms with Crippen LogP contribution in [0, 0.1) is 17.3 Å². The zero-order valence-electron chi connectivity index (χ0n) is 13.2. The largest absolute Gasteiger partial charge is 0.315 e. The van der Waals surface area contributed by atoms with Crippen LogP contribution in [-0.4, -0.2) is 24.1 Å². The lowest BCUT2D eigenvalue weighted by molar-refractivity contribution is 0.149. The molecule has 2 rings (SSSR count). The predicted molar refractivity (Wildman–Crippen MR) is 87.9 cm³/mol. The van der Waals surface area contributed by atoms with Crippen LogP contribution in [-0.2, 0) is 0 Å². The van der Waals surface area contributed by atoms with E-state index in [0.29, 0.717) is 5.41 Å². The second-order valence-electron chi connectivity index (χ2n) is 7.73. The van der Waals surface area contributed by atoms with Crippen molar-refractivity contribution >= 4 is 11.8 Å². The molecule has 1 aliphatic heterocycles. The topological polar surface area (TPSA) is 12.0 Å². The first kappa shape index (κ1) is 15.7. The Morgan fingerprint density at radius 3 is 2.26 bits per heavy atom. The van der Waals surface area contributed by atoms with E-state index in [-0.39, 0.29) is 0 Å². The van der Waals surface area contributed by atoms with Gasteiger partial charge in [-0.15, -0.1) is 0 Å². The van der Waals surface area contributed by atoms with E-state index >= 15 is 0 Å². The third-order valence-corrected chi connectivity index (χ3v) is 6.55. The van der Waals surface area contributed by atoms with E-state index in [1.54, 1.807) is 0 Å². The summed E-state index contributed by atoms with van der Waals surface area (Å²) in [5.41, 5.74) is 0.525. The Morgan fingerprint density at radius 2 is 1.68 bits per heavy atom. The van der Waals surface area contributed by atoms with Crippen molar-refractivity contribution in [2.45, 2.75) is 71.0 Å². The van der Waals surface area contributed by atoms with E-state index < -0.39 is 0 Å². The molecule has 1 saturated carbocycles. The normalized spacial score (nSPS) is 33.3. The molecule has 1 aliphatic carbocycles. The summed E-state index contributed by atoms with van der Waals surface area (Å²) in [5.74, 6) is 3.30. The average molecular weight is 284 g/mol. The van der Waals surface area contributed by atoms with Gasteiger partial charge in [0.1, 0.15) is 0 Å². The maximum Gasteiger partial charge on any atom is 0.0172 e. The van der Waals surface area contributed by atoms with Gasteiger partial charge in [-0.3, -0.25) is 0 Å². The van der Waals surface area contributed by atoms with Crippen LogP contribution in [0.2, 0.25) is 0 Å². The molecule has 1 N–H and O–H groups in total. The minimum atomic E-state index is 0.525. The van der Waals surface area contributed by atoms with Gasteiger partial charge in [0.2, 0.25) is 0 Å². The Labute approximate surface area is 124 Å². The molecule has 1 heterocycles. The summed E-state index contributed by atoms with van der Waals surface area (Å²) in [6.07, 6.45) is 10.1. The van der Waals surface area contributed by atoms with Crippen LogP contribution in [0.4, 0.5) is 0 Å². The second kappa shape index (κ2) is 7.36. The van der Waals surface area contributed by atoms with Crippen molar-refractivity contribution in [1.82, 2.24) is 5.32 Å². The quantitative estimate of drug-likeness (QED) is 0.801. The molecule has 0 aromatic carbocycles. The number of hydrogen-bond acceptors (Lipinski definition) is 2. The molecule has 1 atom stereocenters. The number of hydrogen-bond donors (Lipinski definition) is 1. The maximum atomic E-state index is 3.76. The smallest absolute Gasteiger partial charge is 0.0172 e. The van der Waals surface area contributed by atoms with Crippen molar-refractivity contribution in [2.75, 3.05) is 18.8 Å². The van der Waals surface area contributed by atoms with Gasteiger partial charge in [0.05, 0.1) is 0 Å². The molecule has 0 amide bonds. The minimum Gasteiger partial charge on any atom is -0.315 e. The summed E-state index contributed by atoms with van der Waals surface area (Å²) in [5, 5.41) is 4.66. The third-order valence-electron chi connectivity index (χ3n) is 5.15. The van der Waals surface area contributed by atoms with Crippen molar-refractivity contribution < 1.29 is 0 Å². The van der Waals surface area contributed by atoms with Crippen molar-refractivity contribution in [1.29, 1.82) is 0 Å². The highest BCUT2D eigenvalue weighted by atomic mass is 32.2. The molecule has 0 aromatic heterocycles. The number of thioether (sulfide) groups is 1. The summed E-state index contributed by atoms with van der Waals surface area (Å²) in [4.78, 5) is 0. The Bertz CT molecular complexity index is 244. The zero-order chi connectivity index (χ0) is 13.7. The fourth-order valence-electron chi connectivity index (χ4n) is 3.65. The Hall–Kier alpha value is 0.310. The first-order valence-corrected chi connectivity index (χ1v) is 9.43. The lowest BCUT2D eigenvalue weighted by atomic mass is 9.70. The Morgan fingerprint density at radius 1 is 0.947 bits per heavy atom. The monoisotopic (exact) mass is 283 g/mol. The highest BCUT2D eigenvalue weighted by molar-refractivity contribution is 7.99. The number of nitrogens with one attached hydrogen (secondary N) is 1. The Kier molecular flexibility index (Phi) is 6.08. The van der Waals surface area contributed by atoms with Gasteiger partial charge in [-0.1, -0.05) is 27.2 Å². The molecule has 0 spiro atoms. The van der Waals surface area contributed by atoms with Gasteiger partial charge < -0.3 is 5.32 Å². The first-order valence-electron chi connectivity index (χ1n) is 8.38. The molecule has 19 heavy (non-hydrogen) atoms. The molecule has 112 valence electrons. The molecule has 2 aliphatic rings. The van der Waals surface area contributed by atoms with E-state index in [0.717, 1.165) is 17.1 Å². The van der Waals surface area contributed by atoms with Crippen molar-refractivity contribution in [3.63, 3.8) is 0 Å². The van der Waals surface area contributed by atoms with Crippen LogP contribution < -0.4 is 5.32 Å². The van der Waals surface area contributed by atoms with Crippen LogP contribution in [0.3, 0.4) is 0 Å². The summed E-state index contributed by atoms with van der Waals surface area (Å²) < 4.78 is 0. The predicted octanol–water partition coefficient (Wildman–Crippen LogP) is 4.71. The lowest BCUT2D eigenvalue weighted by Gasteiger charge is -2.37. The Balaban J connectivity index is 1.58. The molecule has 2 fully saturated rings. The van der Waals surface area contributed by atoms with Gasteiger partial charge in [-0.25, -0.2) is 0 Å². The van der Waals surface area contributed by atoms with E-state index in [9.17, 15) is 0 Å². The molecule has 0 aromatic rings. The standard InChI is InChI=1S/C17H33NS/c1-17(2,3)15-9-7-14(8-10-15)12-18-13-16-6-4-5-11-19-16/h14-16,18H,4-13H2,1-3H3. The molecule has 0 bridgehead atoms. The minimum absolute atomic E-state index is 0.525. The van der Waals surface area contributed by atoms with Gasteiger partial charge in [0.25, 0.3) is 0 Å². The lowest BCUT2D eigenvalue weighted by Crippen LogP contribution is -2.34. The summed E-state index contributed by atoms with van der Waals surface area (Å²) in [7, 11) is 0. The summed E-state index contributed by atoms with van der Waals surface area (Å²) >= 11 is 2.19. The van der Waals surface area contributed by atoms with Crippen LogP contribution in [0.1, 0.15) is 65.7 Å². The van der Waals surface area contributed by atoms with Crippen LogP contribution in [0.25, 0.3) is 0 Å². The summed E-state index contributed by atoms with van der Waals surface area (Å²) in [6.45, 7) is 9.77. The van der Waals surface area contributed by atoms with Crippen molar-refractivity contribution in [3.05, 3.63) is 0 Å². The van der Waals surface area contributed by atoms with E-state index in [1.165, 1.54) is 63.8 Å². The van der Waals surface area contributed by atoms with Crippen LogP contribution in [0.15, 0.2) is 0 Å². The fourth-order valence-corrected chi connectivity index (χ4v) is 4.92. The fraction of sp³-hybridized carbons (Fsp3) is 1.00. The van der Waals surface area contributed by atoms with Crippen LogP contribution in [0.5, 0.6) is 0 Å². The molecular weight excluding hydrogens is 250 g/mol. The average Bonchev–Trinajstić information content (AvgIpc) is 2.39. The molecule has 1 saturated heterocycles. The molecule has 1 nitrogen and oxygen atoms in total. The molecule has 1 unspecified atom stereocenters. The van der Waals surface area contributed by atoms with E-state index in [2.05, 4.69) is 37.8 Å². The van der Waals surface area contributed by atoms with Gasteiger partial charge in [0.15, 0.2) is 0 Å². The second-order valence-corrected chi connectivity index (χ2v) is 9.14. The SMILES string of the molecule is CC(C)(C)C1CCC(CNCC2CCCCS2)CC1. The van der Waals surface area contributed by atoms with Gasteiger partial charge in [-0.2, -0.15) is 11.8 Å². The summed E-state index contributed by atoms with van der Waals surface area (Å²) in [6, 6.07) is 0. The van der Waals surface area contributed by atoms with E-state index in [4.69, 9.17) is 0 Å². The van der Waals surface area contributed by atoms with Crippen LogP contribution >= 0.6 is 11.8 Å². The first-order chi connectivity index (χ1) is 9.05. The molecular formula is C17H33NS. The van der Waals surface area contributed by atoms with Gasteiger partial charge in [0, 0.05) is 11.8 Å².